The van der Waals surface area contributed by atoms with E-state index in [1.165, 1.54) is 12.3 Å². The van der Waals surface area contributed by atoms with E-state index in [0.717, 1.165) is 0 Å². The minimum atomic E-state index is -1.25. The number of nitrogen functional groups attached to an aromatic ring is 1. The zero-order valence-corrected chi connectivity index (χ0v) is 10.5. The highest BCUT2D eigenvalue weighted by Crippen LogP contribution is 2.31. The van der Waals surface area contributed by atoms with Gasteiger partial charge in [0.1, 0.15) is 6.26 Å². The number of aromatic nitrogens is 2. The van der Waals surface area contributed by atoms with E-state index >= 15 is 0 Å². The van der Waals surface area contributed by atoms with Gasteiger partial charge in [-0.2, -0.15) is 0 Å². The molecule has 3 N–H and O–H groups in total. The second-order valence-electron chi connectivity index (χ2n) is 3.08. The topological polar surface area (TPSA) is 102 Å². The highest BCUT2D eigenvalue weighted by molar-refractivity contribution is 9.10. The number of anilines is 1. The third-order valence-corrected chi connectivity index (χ3v) is 2.96. The Morgan fingerprint density at radius 1 is 1.59 bits per heavy atom. The van der Waals surface area contributed by atoms with Crippen molar-refractivity contribution in [1.29, 1.82) is 0 Å². The van der Waals surface area contributed by atoms with Gasteiger partial charge in [0.25, 0.3) is 0 Å². The molecule has 0 aliphatic heterocycles. The largest absolute Gasteiger partial charge is 0.476 e. The molecule has 0 fully saturated rings. The number of nitrogens with two attached hydrogens (primary N) is 1. The van der Waals surface area contributed by atoms with E-state index in [2.05, 4.69) is 26.1 Å². The Bertz CT molecular complexity index is 599. The molecule has 0 radical (unpaired) electrons. The van der Waals surface area contributed by atoms with Crippen molar-refractivity contribution in [3.63, 3.8) is 0 Å². The second kappa shape index (κ2) is 4.34. The lowest BCUT2D eigenvalue weighted by Crippen LogP contribution is -2.05. The first kappa shape index (κ1) is 11.9. The number of nitrogens with zero attached hydrogens (tertiary/aromatic N) is 2. The molecule has 8 heteroatoms. The van der Waals surface area contributed by atoms with Crippen LogP contribution < -0.4 is 5.73 Å². The molecular formula is C9H5BrClN3O3. The van der Waals surface area contributed by atoms with Crippen LogP contribution in [0.5, 0.6) is 0 Å². The molecule has 88 valence electrons. The monoisotopic (exact) mass is 317 g/mol. The maximum absolute atomic E-state index is 10.9. The molecule has 2 aromatic heterocycles. The lowest BCUT2D eigenvalue weighted by molar-refractivity contribution is 0.0691. The standard InChI is InChI=1S/C9H5BrClN3O3/c10-8-3(2-17-14-8)5-1-4(12)6(11)7(13-5)9(15)16/h1-2H,(H2,12,13)(H,15,16). The molecular weight excluding hydrogens is 313 g/mol. The van der Waals surface area contributed by atoms with Crippen LogP contribution in [0.15, 0.2) is 21.5 Å². The molecule has 0 atom stereocenters. The van der Waals surface area contributed by atoms with Gasteiger partial charge in [0.05, 0.1) is 22.0 Å². The van der Waals surface area contributed by atoms with Crippen molar-refractivity contribution in [3.05, 3.63) is 27.6 Å². The van der Waals surface area contributed by atoms with E-state index in [0.29, 0.717) is 15.9 Å². The van der Waals surface area contributed by atoms with Crippen molar-refractivity contribution in [2.75, 3.05) is 5.73 Å². The Morgan fingerprint density at radius 2 is 2.29 bits per heavy atom. The molecule has 2 heterocycles. The number of halogens is 2. The summed E-state index contributed by atoms with van der Waals surface area (Å²) in [6.07, 6.45) is 1.32. The lowest BCUT2D eigenvalue weighted by Gasteiger charge is -2.05. The van der Waals surface area contributed by atoms with E-state index in [9.17, 15) is 4.79 Å². The summed E-state index contributed by atoms with van der Waals surface area (Å²) in [5, 5.41) is 12.4. The molecule has 0 bridgehead atoms. The molecule has 6 nitrogen and oxygen atoms in total. The second-order valence-corrected chi connectivity index (χ2v) is 4.21. The molecule has 2 aromatic rings. The van der Waals surface area contributed by atoms with Crippen molar-refractivity contribution in [2.24, 2.45) is 0 Å². The summed E-state index contributed by atoms with van der Waals surface area (Å²) in [6, 6.07) is 1.45. The first-order valence-corrected chi connectivity index (χ1v) is 5.47. The average Bonchev–Trinajstić information content (AvgIpc) is 2.68. The molecule has 0 aliphatic carbocycles. The first-order chi connectivity index (χ1) is 8.00. The van der Waals surface area contributed by atoms with Crippen LogP contribution in [-0.4, -0.2) is 21.2 Å². The molecule has 2 rings (SSSR count). The number of hydrogen-bond donors (Lipinski definition) is 2. The Hall–Kier alpha value is -1.60. The van der Waals surface area contributed by atoms with Crippen molar-refractivity contribution in [1.82, 2.24) is 10.1 Å². The molecule has 0 saturated heterocycles. The van der Waals surface area contributed by atoms with Crippen molar-refractivity contribution < 1.29 is 14.4 Å². The fourth-order valence-corrected chi connectivity index (χ4v) is 1.78. The first-order valence-electron chi connectivity index (χ1n) is 4.30. The SMILES string of the molecule is Nc1cc(-c2conc2Br)nc(C(=O)O)c1Cl. The molecule has 0 spiro atoms. The molecule has 0 aliphatic rings. The zero-order valence-electron chi connectivity index (χ0n) is 8.15. The predicted octanol–water partition coefficient (Wildman–Crippen LogP) is 2.43. The van der Waals surface area contributed by atoms with Gasteiger partial charge in [0.2, 0.25) is 0 Å². The van der Waals surface area contributed by atoms with Gasteiger partial charge in [0, 0.05) is 0 Å². The minimum absolute atomic E-state index is 0.0890. The van der Waals surface area contributed by atoms with E-state index < -0.39 is 5.97 Å². The summed E-state index contributed by atoms with van der Waals surface area (Å²) < 4.78 is 5.12. The molecule has 0 aromatic carbocycles. The fraction of sp³-hybridized carbons (Fsp3) is 0. The number of aromatic carboxylic acids is 1. The average molecular weight is 319 g/mol. The predicted molar refractivity (Wildman–Crippen MR) is 63.8 cm³/mol. The van der Waals surface area contributed by atoms with Crippen LogP contribution in [-0.2, 0) is 0 Å². The maximum Gasteiger partial charge on any atom is 0.356 e. The van der Waals surface area contributed by atoms with Crippen LogP contribution in [0.1, 0.15) is 10.5 Å². The van der Waals surface area contributed by atoms with Gasteiger partial charge in [-0.3, -0.25) is 0 Å². The van der Waals surface area contributed by atoms with Gasteiger partial charge < -0.3 is 15.4 Å². The maximum atomic E-state index is 10.9. The highest BCUT2D eigenvalue weighted by Gasteiger charge is 2.18. The Balaban J connectivity index is 2.65. The Kier molecular flexibility index (Phi) is 3.03. The van der Waals surface area contributed by atoms with Gasteiger partial charge in [-0.15, -0.1) is 0 Å². The summed E-state index contributed by atoms with van der Waals surface area (Å²) in [5.74, 6) is -1.25. The zero-order chi connectivity index (χ0) is 12.6. The van der Waals surface area contributed by atoms with E-state index in [1.54, 1.807) is 0 Å². The summed E-state index contributed by atoms with van der Waals surface area (Å²) in [4.78, 5) is 14.8. The minimum Gasteiger partial charge on any atom is -0.476 e. The van der Waals surface area contributed by atoms with E-state index in [1.807, 2.05) is 0 Å². The number of carboxylic acids is 1. The van der Waals surface area contributed by atoms with Gasteiger partial charge >= 0.3 is 5.97 Å². The van der Waals surface area contributed by atoms with Crippen molar-refractivity contribution in [2.45, 2.75) is 0 Å². The smallest absolute Gasteiger partial charge is 0.356 e. The number of carbonyl (C=O) groups is 1. The number of rotatable bonds is 2. The Labute approximate surface area is 109 Å². The van der Waals surface area contributed by atoms with Crippen LogP contribution in [0.4, 0.5) is 5.69 Å². The molecule has 0 saturated carbocycles. The quantitative estimate of drug-likeness (QED) is 0.881. The number of pyridine rings is 1. The number of hydrogen-bond acceptors (Lipinski definition) is 5. The number of carboxylic acid groups (broad SMARTS) is 1. The lowest BCUT2D eigenvalue weighted by atomic mass is 10.2. The fourth-order valence-electron chi connectivity index (χ4n) is 1.22. The summed E-state index contributed by atoms with van der Waals surface area (Å²) in [6.45, 7) is 0. The van der Waals surface area contributed by atoms with Gasteiger partial charge in [-0.05, 0) is 22.0 Å². The molecule has 17 heavy (non-hydrogen) atoms. The van der Waals surface area contributed by atoms with Gasteiger partial charge in [-0.25, -0.2) is 9.78 Å². The highest BCUT2D eigenvalue weighted by atomic mass is 79.9. The van der Waals surface area contributed by atoms with Crippen LogP contribution in [0, 0.1) is 0 Å². The van der Waals surface area contributed by atoms with E-state index in [-0.39, 0.29) is 16.4 Å². The normalized spacial score (nSPS) is 10.5. The van der Waals surface area contributed by atoms with Gasteiger partial charge in [-0.1, -0.05) is 16.8 Å². The Morgan fingerprint density at radius 3 is 2.82 bits per heavy atom. The van der Waals surface area contributed by atoms with Crippen molar-refractivity contribution in [3.8, 4) is 11.3 Å². The summed E-state index contributed by atoms with van der Waals surface area (Å²) in [5.41, 5.74) is 6.24. The summed E-state index contributed by atoms with van der Waals surface area (Å²) >= 11 is 8.88. The molecule has 0 unspecified atom stereocenters. The van der Waals surface area contributed by atoms with Crippen LogP contribution >= 0.6 is 27.5 Å². The third-order valence-electron chi connectivity index (χ3n) is 1.99. The third kappa shape index (κ3) is 2.11. The van der Waals surface area contributed by atoms with E-state index in [4.69, 9.17) is 27.0 Å². The van der Waals surface area contributed by atoms with Crippen LogP contribution in [0.25, 0.3) is 11.3 Å². The molecule has 0 amide bonds. The van der Waals surface area contributed by atoms with Crippen LogP contribution in [0.2, 0.25) is 5.02 Å². The van der Waals surface area contributed by atoms with Gasteiger partial charge in [0.15, 0.2) is 10.3 Å². The summed E-state index contributed by atoms with van der Waals surface area (Å²) in [7, 11) is 0. The van der Waals surface area contributed by atoms with Crippen LogP contribution in [0.3, 0.4) is 0 Å². The van der Waals surface area contributed by atoms with Crippen molar-refractivity contribution >= 4 is 39.2 Å².